The van der Waals surface area contributed by atoms with Crippen molar-refractivity contribution in [1.82, 2.24) is 4.98 Å². The number of nitrogens with zero attached hydrogens (tertiary/aromatic N) is 1. The summed E-state index contributed by atoms with van der Waals surface area (Å²) in [6, 6.07) is 0. The number of thioether (sulfide) groups is 1. The molecule has 0 bridgehead atoms. The lowest BCUT2D eigenvalue weighted by atomic mass is 9.83. The van der Waals surface area contributed by atoms with Gasteiger partial charge in [-0.1, -0.05) is 54.5 Å². The molecule has 0 saturated heterocycles. The van der Waals surface area contributed by atoms with Crippen molar-refractivity contribution in [2.24, 2.45) is 17.8 Å². The quantitative estimate of drug-likeness (QED) is 0.603. The largest absolute Gasteiger partial charge is 0.257 e. The molecule has 0 saturated carbocycles. The molecule has 23 heavy (non-hydrogen) atoms. The Morgan fingerprint density at radius 2 is 1.61 bits per heavy atom. The van der Waals surface area contributed by atoms with Crippen molar-refractivity contribution in [3.8, 4) is 0 Å². The van der Waals surface area contributed by atoms with Crippen molar-refractivity contribution in [2.45, 2.75) is 78.4 Å². The monoisotopic (exact) mass is 331 g/mol. The van der Waals surface area contributed by atoms with E-state index in [1.807, 2.05) is 0 Å². The van der Waals surface area contributed by atoms with E-state index in [1.165, 1.54) is 33.0 Å². The first-order valence-corrected chi connectivity index (χ1v) is 9.92. The fourth-order valence-electron chi connectivity index (χ4n) is 3.35. The van der Waals surface area contributed by atoms with E-state index in [1.54, 1.807) is 0 Å². The summed E-state index contributed by atoms with van der Waals surface area (Å²) >= 11 is 2.07. The second kappa shape index (κ2) is 7.01. The molecule has 128 valence electrons. The maximum atomic E-state index is 5.01. The van der Waals surface area contributed by atoms with Crippen molar-refractivity contribution in [3.05, 3.63) is 28.6 Å². The maximum absolute atomic E-state index is 5.01. The highest BCUT2D eigenvalue weighted by Crippen LogP contribution is 2.45. The average Bonchev–Trinajstić information content (AvgIpc) is 2.47. The molecule has 1 aliphatic heterocycles. The highest BCUT2D eigenvalue weighted by atomic mass is 32.2. The molecule has 0 aromatic carbocycles. The van der Waals surface area contributed by atoms with Crippen molar-refractivity contribution in [3.63, 3.8) is 0 Å². The molecule has 0 amide bonds. The van der Waals surface area contributed by atoms with Crippen LogP contribution in [0.1, 0.15) is 76.9 Å². The minimum Gasteiger partial charge on any atom is -0.257 e. The van der Waals surface area contributed by atoms with Crippen LogP contribution in [0, 0.1) is 31.6 Å². The van der Waals surface area contributed by atoms with Gasteiger partial charge < -0.3 is 0 Å². The smallest absolute Gasteiger partial charge is 0.0518 e. The molecule has 2 heterocycles. The van der Waals surface area contributed by atoms with Gasteiger partial charge in [0.1, 0.15) is 0 Å². The Hall–Kier alpha value is -0.760. The number of hydrogen-bond acceptors (Lipinski definition) is 2. The third-order valence-corrected chi connectivity index (χ3v) is 6.98. The molecule has 1 aromatic rings. The average molecular weight is 332 g/mol. The molecule has 0 spiro atoms. The van der Waals surface area contributed by atoms with Gasteiger partial charge in [0, 0.05) is 21.4 Å². The van der Waals surface area contributed by atoms with Crippen LogP contribution in [-0.2, 0) is 0 Å². The van der Waals surface area contributed by atoms with Gasteiger partial charge in [0.05, 0.1) is 5.69 Å². The molecule has 2 heteroatoms. The van der Waals surface area contributed by atoms with Crippen LogP contribution < -0.4 is 0 Å². The molecule has 3 atom stereocenters. The molecule has 0 radical (unpaired) electrons. The van der Waals surface area contributed by atoms with Crippen molar-refractivity contribution < 1.29 is 0 Å². The van der Waals surface area contributed by atoms with E-state index in [0.717, 1.165) is 0 Å². The minimum atomic E-state index is 0.452. The summed E-state index contributed by atoms with van der Waals surface area (Å²) in [5, 5.41) is 0.620. The first-order valence-electron chi connectivity index (χ1n) is 9.04. The van der Waals surface area contributed by atoms with Gasteiger partial charge in [0.15, 0.2) is 0 Å². The number of allylic oxidation sites excluding steroid dienone is 2. The van der Waals surface area contributed by atoms with Gasteiger partial charge >= 0.3 is 0 Å². The van der Waals surface area contributed by atoms with Gasteiger partial charge in [-0.15, -0.1) is 11.8 Å². The lowest BCUT2D eigenvalue weighted by molar-refractivity contribution is 0.455. The standard InChI is InChI=1S/C21H33NS/c1-11(2)18-10-13(5)14(6)17(9)23-21-15(7)16(8)22-20(12(3)4)19(18)21/h10-14,17H,1-9H3/b18-10-/t13-,14-,17-/m1/s1. The minimum absolute atomic E-state index is 0.452. The van der Waals surface area contributed by atoms with Crippen LogP contribution in [0.2, 0.25) is 0 Å². The van der Waals surface area contributed by atoms with E-state index in [-0.39, 0.29) is 0 Å². The predicted molar refractivity (Wildman–Crippen MR) is 104 cm³/mol. The summed E-state index contributed by atoms with van der Waals surface area (Å²) in [6.45, 7) is 20.8. The number of aromatic nitrogens is 1. The Kier molecular flexibility index (Phi) is 5.66. The van der Waals surface area contributed by atoms with E-state index in [9.17, 15) is 0 Å². The van der Waals surface area contributed by atoms with E-state index >= 15 is 0 Å². The Morgan fingerprint density at radius 1 is 1.00 bits per heavy atom. The van der Waals surface area contributed by atoms with Crippen LogP contribution in [0.25, 0.3) is 5.57 Å². The summed E-state index contributed by atoms with van der Waals surface area (Å²) in [5.41, 5.74) is 6.78. The van der Waals surface area contributed by atoms with Crippen LogP contribution in [0.3, 0.4) is 0 Å². The highest BCUT2D eigenvalue weighted by Gasteiger charge is 2.29. The van der Waals surface area contributed by atoms with Crippen LogP contribution >= 0.6 is 11.8 Å². The summed E-state index contributed by atoms with van der Waals surface area (Å²) < 4.78 is 0. The molecule has 1 aromatic heterocycles. The Bertz CT molecular complexity index is 613. The molecule has 0 N–H and O–H groups in total. The number of pyridine rings is 1. The maximum Gasteiger partial charge on any atom is 0.0518 e. The molecule has 2 rings (SSSR count). The van der Waals surface area contributed by atoms with Crippen LogP contribution in [0.5, 0.6) is 0 Å². The second-order valence-corrected chi connectivity index (χ2v) is 9.27. The van der Waals surface area contributed by atoms with Crippen molar-refractivity contribution >= 4 is 17.3 Å². The number of rotatable bonds is 2. The van der Waals surface area contributed by atoms with Crippen LogP contribution in [0.4, 0.5) is 0 Å². The first kappa shape index (κ1) is 18.6. The molecule has 0 fully saturated rings. The van der Waals surface area contributed by atoms with Crippen molar-refractivity contribution in [1.29, 1.82) is 0 Å². The zero-order valence-corrected chi connectivity index (χ0v) is 17.1. The Balaban J connectivity index is 2.84. The van der Waals surface area contributed by atoms with Crippen LogP contribution in [-0.4, -0.2) is 10.2 Å². The number of hydrogen-bond donors (Lipinski definition) is 0. The molecular weight excluding hydrogens is 298 g/mol. The van der Waals surface area contributed by atoms with E-state index in [4.69, 9.17) is 4.98 Å². The SMILES string of the molecule is Cc1nc(C(C)C)c2c(c1C)S[C@H](C)[C@H](C)[C@H](C)/C=C\2C(C)C. The van der Waals surface area contributed by atoms with Crippen LogP contribution in [0.15, 0.2) is 11.0 Å². The second-order valence-electron chi connectivity index (χ2n) is 7.88. The third-order valence-electron chi connectivity index (χ3n) is 5.43. The zero-order valence-electron chi connectivity index (χ0n) is 16.3. The molecule has 0 unspecified atom stereocenters. The van der Waals surface area contributed by atoms with Gasteiger partial charge in [-0.2, -0.15) is 0 Å². The fraction of sp³-hybridized carbons (Fsp3) is 0.667. The Morgan fingerprint density at radius 3 is 2.13 bits per heavy atom. The van der Waals surface area contributed by atoms with Gasteiger partial charge in [-0.05, 0) is 48.7 Å². The Labute approximate surface area is 147 Å². The van der Waals surface area contributed by atoms with E-state index in [0.29, 0.717) is 28.9 Å². The summed E-state index contributed by atoms with van der Waals surface area (Å²) in [6.07, 6.45) is 2.53. The lowest BCUT2D eigenvalue weighted by Gasteiger charge is -2.32. The van der Waals surface area contributed by atoms with Gasteiger partial charge in [-0.3, -0.25) is 4.98 Å². The van der Waals surface area contributed by atoms with Gasteiger partial charge in [-0.25, -0.2) is 0 Å². The summed E-state index contributed by atoms with van der Waals surface area (Å²) in [7, 11) is 0. The molecular formula is C21H33NS. The zero-order chi connectivity index (χ0) is 17.5. The predicted octanol–water partition coefficient (Wildman–Crippen LogP) is 6.63. The molecule has 1 aliphatic rings. The molecule has 1 nitrogen and oxygen atoms in total. The summed E-state index contributed by atoms with van der Waals surface area (Å²) in [4.78, 5) is 6.48. The van der Waals surface area contributed by atoms with Gasteiger partial charge in [0.2, 0.25) is 0 Å². The highest BCUT2D eigenvalue weighted by molar-refractivity contribution is 8.00. The first-order chi connectivity index (χ1) is 10.6. The number of aryl methyl sites for hydroxylation is 1. The normalized spacial score (nSPS) is 27.4. The topological polar surface area (TPSA) is 12.9 Å². The van der Waals surface area contributed by atoms with Crippen molar-refractivity contribution in [2.75, 3.05) is 0 Å². The molecule has 0 aliphatic carbocycles. The van der Waals surface area contributed by atoms with E-state index in [2.05, 4.69) is 80.2 Å². The number of fused-ring (bicyclic) bond motifs is 1. The lowest BCUT2D eigenvalue weighted by Crippen LogP contribution is -2.21. The van der Waals surface area contributed by atoms with E-state index < -0.39 is 0 Å². The summed E-state index contributed by atoms with van der Waals surface area (Å²) in [5.74, 6) is 2.26. The third kappa shape index (κ3) is 3.52. The van der Waals surface area contributed by atoms with Gasteiger partial charge in [0.25, 0.3) is 0 Å². The fourth-order valence-corrected chi connectivity index (χ4v) is 4.85.